The van der Waals surface area contributed by atoms with Gasteiger partial charge in [-0.25, -0.2) is 4.79 Å². The third-order valence-electron chi connectivity index (χ3n) is 1.63. The van der Waals surface area contributed by atoms with Crippen molar-refractivity contribution in [2.24, 2.45) is 5.73 Å². The molecule has 0 saturated carbocycles. The minimum Gasteiger partial charge on any atom is -0.465 e. The van der Waals surface area contributed by atoms with Gasteiger partial charge in [-0.3, -0.25) is 0 Å². The van der Waals surface area contributed by atoms with Crippen molar-refractivity contribution >= 4 is 6.09 Å². The Morgan fingerprint density at radius 3 is 2.25 bits per heavy atom. The first-order valence-corrected chi connectivity index (χ1v) is 4.10. The number of rotatable bonds is 3. The van der Waals surface area contributed by atoms with Crippen molar-refractivity contribution in [3.05, 3.63) is 0 Å². The number of carboxylic acid groups (broad SMARTS) is 1. The SMILES string of the molecule is CC(C)(C)N(CCCN)C(=O)O. The van der Waals surface area contributed by atoms with Crippen molar-refractivity contribution in [2.45, 2.75) is 32.7 Å². The highest BCUT2D eigenvalue weighted by Gasteiger charge is 2.24. The van der Waals surface area contributed by atoms with Crippen LogP contribution in [-0.2, 0) is 0 Å². The van der Waals surface area contributed by atoms with E-state index in [1.807, 2.05) is 20.8 Å². The first-order valence-electron chi connectivity index (χ1n) is 4.10. The lowest BCUT2D eigenvalue weighted by molar-refractivity contribution is 0.1000. The van der Waals surface area contributed by atoms with E-state index in [1.165, 1.54) is 4.90 Å². The van der Waals surface area contributed by atoms with Crippen molar-refractivity contribution in [2.75, 3.05) is 13.1 Å². The number of amides is 1. The van der Waals surface area contributed by atoms with Gasteiger partial charge in [0.25, 0.3) is 0 Å². The van der Waals surface area contributed by atoms with Gasteiger partial charge in [-0.2, -0.15) is 0 Å². The molecule has 0 aromatic heterocycles. The molecule has 4 nitrogen and oxygen atoms in total. The molecule has 12 heavy (non-hydrogen) atoms. The number of carbonyl (C=O) groups is 1. The first kappa shape index (κ1) is 11.2. The predicted molar refractivity (Wildman–Crippen MR) is 48.2 cm³/mol. The second kappa shape index (κ2) is 4.30. The van der Waals surface area contributed by atoms with Crippen LogP contribution in [0.5, 0.6) is 0 Å². The number of hydrogen-bond donors (Lipinski definition) is 2. The molecule has 0 unspecified atom stereocenters. The van der Waals surface area contributed by atoms with Crippen molar-refractivity contribution in [1.29, 1.82) is 0 Å². The van der Waals surface area contributed by atoms with Gasteiger partial charge in [0.05, 0.1) is 0 Å². The molecular formula is C8H18N2O2. The molecule has 0 aromatic rings. The van der Waals surface area contributed by atoms with Crippen LogP contribution < -0.4 is 5.73 Å². The zero-order valence-corrected chi connectivity index (χ0v) is 8.00. The summed E-state index contributed by atoms with van der Waals surface area (Å²) in [5.41, 5.74) is 4.97. The quantitative estimate of drug-likeness (QED) is 0.673. The molecule has 1 amide bonds. The average Bonchev–Trinajstić information content (AvgIpc) is 1.84. The van der Waals surface area contributed by atoms with E-state index in [1.54, 1.807) is 0 Å². The van der Waals surface area contributed by atoms with E-state index in [9.17, 15) is 4.79 Å². The summed E-state index contributed by atoms with van der Waals surface area (Å²) >= 11 is 0. The summed E-state index contributed by atoms with van der Waals surface area (Å²) < 4.78 is 0. The summed E-state index contributed by atoms with van der Waals surface area (Å²) in [6.45, 7) is 6.65. The largest absolute Gasteiger partial charge is 0.465 e. The Balaban J connectivity index is 4.15. The minimum atomic E-state index is -0.879. The van der Waals surface area contributed by atoms with Crippen LogP contribution in [-0.4, -0.2) is 34.7 Å². The second-order valence-electron chi connectivity index (χ2n) is 3.75. The fourth-order valence-corrected chi connectivity index (χ4v) is 0.967. The standard InChI is InChI=1S/C8H18N2O2/c1-8(2,3)10(7(11)12)6-4-5-9/h4-6,9H2,1-3H3,(H,11,12). The molecule has 0 radical (unpaired) electrons. The molecule has 0 fully saturated rings. The molecule has 0 heterocycles. The molecule has 0 aliphatic rings. The van der Waals surface area contributed by atoms with Crippen LogP contribution in [0.1, 0.15) is 27.2 Å². The molecule has 0 atom stereocenters. The smallest absolute Gasteiger partial charge is 0.407 e. The molecule has 0 spiro atoms. The maximum Gasteiger partial charge on any atom is 0.407 e. The van der Waals surface area contributed by atoms with E-state index >= 15 is 0 Å². The summed E-state index contributed by atoms with van der Waals surface area (Å²) in [6, 6.07) is 0. The van der Waals surface area contributed by atoms with Crippen LogP contribution >= 0.6 is 0 Å². The predicted octanol–water partition coefficient (Wildman–Crippen LogP) is 1.11. The highest BCUT2D eigenvalue weighted by atomic mass is 16.4. The maximum atomic E-state index is 10.7. The van der Waals surface area contributed by atoms with E-state index in [2.05, 4.69) is 0 Å². The molecule has 0 bridgehead atoms. The third-order valence-corrected chi connectivity index (χ3v) is 1.63. The lowest BCUT2D eigenvalue weighted by Gasteiger charge is -2.33. The molecular weight excluding hydrogens is 156 g/mol. The van der Waals surface area contributed by atoms with E-state index in [4.69, 9.17) is 10.8 Å². The van der Waals surface area contributed by atoms with Crippen molar-refractivity contribution in [3.8, 4) is 0 Å². The van der Waals surface area contributed by atoms with E-state index in [-0.39, 0.29) is 5.54 Å². The van der Waals surface area contributed by atoms with Crippen LogP contribution in [0.15, 0.2) is 0 Å². The minimum absolute atomic E-state index is 0.332. The van der Waals surface area contributed by atoms with Gasteiger partial charge < -0.3 is 15.7 Å². The summed E-state index contributed by atoms with van der Waals surface area (Å²) in [5, 5.41) is 8.82. The summed E-state index contributed by atoms with van der Waals surface area (Å²) in [4.78, 5) is 12.1. The Hall–Kier alpha value is -0.770. The van der Waals surface area contributed by atoms with E-state index in [0.717, 1.165) is 0 Å². The topological polar surface area (TPSA) is 66.6 Å². The normalized spacial score (nSPS) is 11.3. The Kier molecular flexibility index (Phi) is 4.03. The van der Waals surface area contributed by atoms with Gasteiger partial charge in [0, 0.05) is 12.1 Å². The van der Waals surface area contributed by atoms with Gasteiger partial charge in [-0.1, -0.05) is 0 Å². The fourth-order valence-electron chi connectivity index (χ4n) is 0.967. The molecule has 0 rings (SSSR count). The van der Waals surface area contributed by atoms with Gasteiger partial charge in [0.1, 0.15) is 0 Å². The Bertz CT molecular complexity index is 152. The van der Waals surface area contributed by atoms with Crippen LogP contribution in [0.4, 0.5) is 4.79 Å². The summed E-state index contributed by atoms with van der Waals surface area (Å²) in [5.74, 6) is 0. The van der Waals surface area contributed by atoms with Crippen molar-refractivity contribution < 1.29 is 9.90 Å². The molecule has 72 valence electrons. The van der Waals surface area contributed by atoms with Crippen LogP contribution in [0.2, 0.25) is 0 Å². The Morgan fingerprint density at radius 1 is 1.50 bits per heavy atom. The van der Waals surface area contributed by atoms with Gasteiger partial charge in [0.2, 0.25) is 0 Å². The molecule has 0 aliphatic heterocycles. The Morgan fingerprint density at radius 2 is 2.00 bits per heavy atom. The zero-order chi connectivity index (χ0) is 9.78. The van der Waals surface area contributed by atoms with Crippen LogP contribution in [0.3, 0.4) is 0 Å². The number of nitrogens with zero attached hydrogens (tertiary/aromatic N) is 1. The molecule has 4 heteroatoms. The van der Waals surface area contributed by atoms with Gasteiger partial charge in [0.15, 0.2) is 0 Å². The van der Waals surface area contributed by atoms with Gasteiger partial charge in [-0.05, 0) is 33.7 Å². The lowest BCUT2D eigenvalue weighted by atomic mass is 10.1. The molecule has 0 aromatic carbocycles. The van der Waals surface area contributed by atoms with Gasteiger partial charge >= 0.3 is 6.09 Å². The monoisotopic (exact) mass is 174 g/mol. The van der Waals surface area contributed by atoms with Crippen molar-refractivity contribution in [1.82, 2.24) is 4.90 Å². The van der Waals surface area contributed by atoms with Crippen LogP contribution in [0.25, 0.3) is 0 Å². The van der Waals surface area contributed by atoms with Crippen LogP contribution in [0, 0.1) is 0 Å². The average molecular weight is 174 g/mol. The fraction of sp³-hybridized carbons (Fsp3) is 0.875. The van der Waals surface area contributed by atoms with Crippen molar-refractivity contribution in [3.63, 3.8) is 0 Å². The summed E-state index contributed by atoms with van der Waals surface area (Å²) in [6.07, 6.45) is -0.167. The number of nitrogens with two attached hydrogens (primary N) is 1. The summed E-state index contributed by atoms with van der Waals surface area (Å²) in [7, 11) is 0. The zero-order valence-electron chi connectivity index (χ0n) is 8.00. The molecule has 0 saturated heterocycles. The first-order chi connectivity index (χ1) is 5.39. The van der Waals surface area contributed by atoms with E-state index < -0.39 is 6.09 Å². The van der Waals surface area contributed by atoms with Gasteiger partial charge in [-0.15, -0.1) is 0 Å². The highest BCUT2D eigenvalue weighted by molar-refractivity contribution is 5.65. The molecule has 0 aliphatic carbocycles. The molecule has 3 N–H and O–H groups in total. The third kappa shape index (κ3) is 3.57. The number of hydrogen-bond acceptors (Lipinski definition) is 2. The van der Waals surface area contributed by atoms with E-state index in [0.29, 0.717) is 19.5 Å². The Labute approximate surface area is 73.3 Å². The second-order valence-corrected chi connectivity index (χ2v) is 3.75. The lowest BCUT2D eigenvalue weighted by Crippen LogP contribution is -2.45. The maximum absolute atomic E-state index is 10.7. The highest BCUT2D eigenvalue weighted by Crippen LogP contribution is 2.13.